The zero-order valence-electron chi connectivity index (χ0n) is 6.96. The largest absolute Gasteiger partial charge is 0.504 e. The average Bonchev–Trinajstić information content (AvgIpc) is 2.63. The van der Waals surface area contributed by atoms with Crippen molar-refractivity contribution in [2.75, 3.05) is 0 Å². The molecule has 0 spiro atoms. The molecule has 72 valence electrons. The number of hydrogen-bond donors (Lipinski definition) is 2. The second-order valence-electron chi connectivity index (χ2n) is 2.77. The number of aromatic amines is 1. The molecule has 0 atom stereocenters. The summed E-state index contributed by atoms with van der Waals surface area (Å²) in [4.78, 5) is 0. The van der Waals surface area contributed by atoms with Crippen LogP contribution in [0.25, 0.3) is 11.1 Å². The number of benzene rings is 1. The van der Waals surface area contributed by atoms with E-state index >= 15 is 0 Å². The molecule has 2 N–H and O–H groups in total. The Morgan fingerprint density at radius 3 is 2.86 bits per heavy atom. The smallest absolute Gasteiger partial charge is 0.166 e. The Hall–Kier alpha value is -1.36. The van der Waals surface area contributed by atoms with Crippen LogP contribution in [0.1, 0.15) is 0 Å². The summed E-state index contributed by atoms with van der Waals surface area (Å²) in [6.45, 7) is 0. The highest BCUT2D eigenvalue weighted by Gasteiger charge is 2.11. The van der Waals surface area contributed by atoms with Crippen molar-refractivity contribution in [2.45, 2.75) is 0 Å². The monoisotopic (exact) mass is 256 g/mol. The van der Waals surface area contributed by atoms with Crippen molar-refractivity contribution >= 4 is 15.9 Å². The maximum Gasteiger partial charge on any atom is 0.166 e. The van der Waals surface area contributed by atoms with E-state index in [4.69, 9.17) is 0 Å². The number of nitrogens with one attached hydrogen (secondary N) is 1. The van der Waals surface area contributed by atoms with Crippen LogP contribution in [-0.4, -0.2) is 15.3 Å². The van der Waals surface area contributed by atoms with Crippen LogP contribution in [0.3, 0.4) is 0 Å². The van der Waals surface area contributed by atoms with E-state index in [0.29, 0.717) is 15.6 Å². The maximum atomic E-state index is 13.1. The second-order valence-corrected chi connectivity index (χ2v) is 3.69. The lowest BCUT2D eigenvalue weighted by Gasteiger charge is -2.03. The van der Waals surface area contributed by atoms with E-state index in [1.165, 1.54) is 12.3 Å². The highest BCUT2D eigenvalue weighted by molar-refractivity contribution is 9.10. The summed E-state index contributed by atoms with van der Waals surface area (Å²) in [5.74, 6) is -1.02. The van der Waals surface area contributed by atoms with Gasteiger partial charge in [0, 0.05) is 21.8 Å². The highest BCUT2D eigenvalue weighted by atomic mass is 79.9. The number of phenols is 1. The van der Waals surface area contributed by atoms with Crippen LogP contribution < -0.4 is 0 Å². The van der Waals surface area contributed by atoms with Gasteiger partial charge in [0.15, 0.2) is 11.6 Å². The summed E-state index contributed by atoms with van der Waals surface area (Å²) < 4.78 is 13.7. The van der Waals surface area contributed by atoms with Gasteiger partial charge in [-0.3, -0.25) is 5.10 Å². The number of halogens is 2. The minimum absolute atomic E-state index is 0.366. The maximum absolute atomic E-state index is 13.1. The van der Waals surface area contributed by atoms with Gasteiger partial charge in [0.05, 0.1) is 6.20 Å². The minimum Gasteiger partial charge on any atom is -0.504 e. The first-order valence-corrected chi connectivity index (χ1v) is 4.65. The summed E-state index contributed by atoms with van der Waals surface area (Å²) in [6.07, 6.45) is 3.10. The molecule has 0 aliphatic rings. The molecule has 1 aromatic heterocycles. The number of aromatic nitrogens is 2. The predicted octanol–water partition coefficient (Wildman–Crippen LogP) is 2.68. The van der Waals surface area contributed by atoms with Gasteiger partial charge in [-0.25, -0.2) is 4.39 Å². The molecule has 0 amide bonds. The van der Waals surface area contributed by atoms with Gasteiger partial charge in [0.2, 0.25) is 0 Å². The topological polar surface area (TPSA) is 48.9 Å². The molecule has 3 nitrogen and oxygen atoms in total. The van der Waals surface area contributed by atoms with Gasteiger partial charge >= 0.3 is 0 Å². The molecule has 0 bridgehead atoms. The number of hydrogen-bond acceptors (Lipinski definition) is 2. The molecule has 0 radical (unpaired) electrons. The van der Waals surface area contributed by atoms with Crippen LogP contribution >= 0.6 is 15.9 Å². The van der Waals surface area contributed by atoms with Gasteiger partial charge in [-0.15, -0.1) is 0 Å². The van der Waals surface area contributed by atoms with Crippen LogP contribution in [-0.2, 0) is 0 Å². The summed E-state index contributed by atoms with van der Waals surface area (Å²) in [5, 5.41) is 15.8. The lowest BCUT2D eigenvalue weighted by atomic mass is 10.1. The molecule has 14 heavy (non-hydrogen) atoms. The van der Waals surface area contributed by atoms with Crippen molar-refractivity contribution in [1.82, 2.24) is 10.2 Å². The molecule has 5 heteroatoms. The Balaban J connectivity index is 2.64. The molecule has 0 unspecified atom stereocenters. The molecule has 0 fully saturated rings. The molecule has 0 saturated carbocycles. The third-order valence-corrected chi connectivity index (χ3v) is 2.30. The summed E-state index contributed by atoms with van der Waals surface area (Å²) >= 11 is 3.15. The molecule has 1 heterocycles. The highest BCUT2D eigenvalue weighted by Crippen LogP contribution is 2.33. The zero-order valence-corrected chi connectivity index (χ0v) is 8.55. The summed E-state index contributed by atoms with van der Waals surface area (Å²) in [5.41, 5.74) is 1.05. The summed E-state index contributed by atoms with van der Waals surface area (Å²) in [6, 6.07) is 2.84. The fraction of sp³-hybridized carbons (Fsp3) is 0. The average molecular weight is 257 g/mol. The Morgan fingerprint density at radius 2 is 2.21 bits per heavy atom. The van der Waals surface area contributed by atoms with E-state index in [2.05, 4.69) is 26.1 Å². The second kappa shape index (κ2) is 3.42. The Bertz CT molecular complexity index is 456. The van der Waals surface area contributed by atoms with E-state index in [9.17, 15) is 9.50 Å². The van der Waals surface area contributed by atoms with Crippen LogP contribution in [0, 0.1) is 5.82 Å². The molecule has 0 aliphatic carbocycles. The molecule has 0 saturated heterocycles. The van der Waals surface area contributed by atoms with E-state index in [1.54, 1.807) is 12.3 Å². The van der Waals surface area contributed by atoms with E-state index in [0.717, 1.165) is 0 Å². The number of phenolic OH excluding ortho intramolecular Hbond substituents is 1. The number of nitrogens with zero attached hydrogens (tertiary/aromatic N) is 1. The van der Waals surface area contributed by atoms with Crippen molar-refractivity contribution in [3.05, 3.63) is 34.8 Å². The van der Waals surface area contributed by atoms with Crippen LogP contribution in [0.15, 0.2) is 29.0 Å². The molecule has 1 aromatic carbocycles. The summed E-state index contributed by atoms with van der Waals surface area (Å²) in [7, 11) is 0. The molecular weight excluding hydrogens is 251 g/mol. The first-order valence-electron chi connectivity index (χ1n) is 3.85. The Kier molecular flexibility index (Phi) is 2.25. The number of rotatable bonds is 1. The molecule has 2 aromatic rings. The molecule has 0 aliphatic heterocycles. The van der Waals surface area contributed by atoms with Crippen LogP contribution in [0.5, 0.6) is 5.75 Å². The minimum atomic E-state index is -0.657. The third kappa shape index (κ3) is 1.50. The standard InChI is InChI=1S/C9H6BrFN2O/c10-6-1-7(5-3-12-13-4-5)9(14)8(11)2-6/h1-4,14H,(H,12,13). The van der Waals surface area contributed by atoms with Crippen molar-refractivity contribution in [3.63, 3.8) is 0 Å². The third-order valence-electron chi connectivity index (χ3n) is 1.84. The Morgan fingerprint density at radius 1 is 1.43 bits per heavy atom. The number of aromatic hydroxyl groups is 1. The van der Waals surface area contributed by atoms with Gasteiger partial charge in [-0.1, -0.05) is 15.9 Å². The first kappa shape index (κ1) is 9.21. The van der Waals surface area contributed by atoms with Crippen molar-refractivity contribution in [3.8, 4) is 16.9 Å². The Labute approximate surface area is 87.7 Å². The van der Waals surface area contributed by atoms with Gasteiger partial charge in [-0.05, 0) is 12.1 Å². The number of H-pyrrole nitrogens is 1. The fourth-order valence-corrected chi connectivity index (χ4v) is 1.61. The lowest BCUT2D eigenvalue weighted by Crippen LogP contribution is -1.82. The van der Waals surface area contributed by atoms with Gasteiger partial charge in [-0.2, -0.15) is 5.10 Å². The fourth-order valence-electron chi connectivity index (χ4n) is 1.18. The quantitative estimate of drug-likeness (QED) is 0.825. The SMILES string of the molecule is Oc1c(F)cc(Br)cc1-c1cn[nH]c1. The first-order chi connectivity index (χ1) is 6.68. The zero-order chi connectivity index (χ0) is 10.1. The van der Waals surface area contributed by atoms with E-state index in [1.807, 2.05) is 0 Å². The van der Waals surface area contributed by atoms with E-state index < -0.39 is 5.82 Å². The van der Waals surface area contributed by atoms with Crippen molar-refractivity contribution in [2.24, 2.45) is 0 Å². The van der Waals surface area contributed by atoms with Crippen molar-refractivity contribution < 1.29 is 9.50 Å². The van der Waals surface area contributed by atoms with Gasteiger partial charge in [0.1, 0.15) is 0 Å². The lowest BCUT2D eigenvalue weighted by molar-refractivity contribution is 0.434. The van der Waals surface area contributed by atoms with Gasteiger partial charge < -0.3 is 5.11 Å². The predicted molar refractivity (Wildman–Crippen MR) is 53.3 cm³/mol. The van der Waals surface area contributed by atoms with Crippen LogP contribution in [0.2, 0.25) is 0 Å². The molecule has 2 rings (SSSR count). The van der Waals surface area contributed by atoms with Gasteiger partial charge in [0.25, 0.3) is 0 Å². The molecular formula is C9H6BrFN2O. The van der Waals surface area contributed by atoms with Crippen LogP contribution in [0.4, 0.5) is 4.39 Å². The normalized spacial score (nSPS) is 10.4. The van der Waals surface area contributed by atoms with E-state index in [-0.39, 0.29) is 5.75 Å². The van der Waals surface area contributed by atoms with Crippen molar-refractivity contribution in [1.29, 1.82) is 0 Å².